The van der Waals surface area contributed by atoms with Crippen LogP contribution < -0.4 is 15.8 Å². The Morgan fingerprint density at radius 3 is 2.62 bits per heavy atom. The highest BCUT2D eigenvalue weighted by molar-refractivity contribution is 5.73. The molecule has 1 aromatic heterocycles. The van der Waals surface area contributed by atoms with Gasteiger partial charge in [-0.1, -0.05) is 12.1 Å². The van der Waals surface area contributed by atoms with Crippen LogP contribution in [0.4, 0.5) is 11.6 Å². The van der Waals surface area contributed by atoms with Crippen molar-refractivity contribution in [2.24, 2.45) is 10.7 Å². The minimum absolute atomic E-state index is 0.167. The maximum absolute atomic E-state index is 5.51. The topological polar surface area (TPSA) is 94.6 Å². The normalized spacial score (nSPS) is 16.4. The lowest BCUT2D eigenvalue weighted by molar-refractivity contribution is 0.308. The van der Waals surface area contributed by atoms with E-state index in [0.29, 0.717) is 30.9 Å². The number of benzene rings is 1. The summed E-state index contributed by atoms with van der Waals surface area (Å²) in [7, 11) is 0. The maximum atomic E-state index is 5.51. The average Bonchev–Trinajstić information content (AvgIpc) is 3.02. The largest absolute Gasteiger partial charge is 0.491 e. The van der Waals surface area contributed by atoms with Crippen LogP contribution in [-0.4, -0.2) is 35.2 Å². The number of aliphatic imine (C=N–C) groups is 1. The molecule has 2 aromatic rings. The number of nitrogens with two attached hydrogens (primary N) is 1. The van der Waals surface area contributed by atoms with E-state index in [9.17, 15) is 0 Å². The first-order valence-corrected chi connectivity index (χ1v) is 8.00. The van der Waals surface area contributed by atoms with Gasteiger partial charge in [-0.25, -0.2) is 15.0 Å². The second-order valence-electron chi connectivity index (χ2n) is 5.47. The number of nitrogens with zero attached hydrogens (tertiary/aromatic N) is 3. The number of nitrogens with one attached hydrogen (secondary N) is 1. The van der Waals surface area contributed by atoms with Crippen molar-refractivity contribution in [2.75, 3.05) is 18.5 Å². The van der Waals surface area contributed by atoms with Crippen LogP contribution in [0.1, 0.15) is 18.9 Å². The van der Waals surface area contributed by atoms with E-state index < -0.39 is 0 Å². The van der Waals surface area contributed by atoms with Crippen molar-refractivity contribution >= 4 is 17.7 Å². The van der Waals surface area contributed by atoms with Gasteiger partial charge in [0.15, 0.2) is 5.75 Å². The smallest absolute Gasteiger partial charge is 0.282 e. The summed E-state index contributed by atoms with van der Waals surface area (Å²) in [6.45, 7) is 3.11. The number of ether oxygens (including phenoxy) is 2. The highest BCUT2D eigenvalue weighted by atomic mass is 16.5. The van der Waals surface area contributed by atoms with Crippen LogP contribution in [0.25, 0.3) is 0 Å². The summed E-state index contributed by atoms with van der Waals surface area (Å²) < 4.78 is 10.5. The molecule has 0 saturated carbocycles. The van der Waals surface area contributed by atoms with Gasteiger partial charge in [0, 0.05) is 5.69 Å². The quantitative estimate of drug-likeness (QED) is 0.810. The van der Waals surface area contributed by atoms with E-state index in [1.807, 2.05) is 19.1 Å². The van der Waals surface area contributed by atoms with Crippen LogP contribution in [0.3, 0.4) is 0 Å². The van der Waals surface area contributed by atoms with E-state index in [1.54, 1.807) is 12.4 Å². The minimum atomic E-state index is 0.167. The molecule has 7 nitrogen and oxygen atoms in total. The number of hydrogen-bond donors (Lipinski definition) is 2. The second kappa shape index (κ2) is 7.63. The van der Waals surface area contributed by atoms with Crippen LogP contribution in [0.15, 0.2) is 41.7 Å². The molecule has 1 aliphatic rings. The fraction of sp³-hybridized carbons (Fsp3) is 0.353. The van der Waals surface area contributed by atoms with Crippen LogP contribution >= 0.6 is 0 Å². The lowest BCUT2D eigenvalue weighted by Gasteiger charge is -2.08. The standard InChI is InChI=1S/C17H21N5O2/c1-2-23-15-9-19-17(20-10-15)22-13-6-3-12(4-7-13)5-8-14-11-24-16(18)21-14/h3-4,6-7,9-10,14H,2,5,8,11H2,1H3,(H2,18,21)(H,19,20,22)/t14-/m0/s1. The van der Waals surface area contributed by atoms with Crippen molar-refractivity contribution < 1.29 is 9.47 Å². The third-order valence-electron chi connectivity index (χ3n) is 3.65. The Labute approximate surface area is 140 Å². The van der Waals surface area contributed by atoms with Crippen molar-refractivity contribution in [3.8, 4) is 5.75 Å². The molecule has 0 bridgehead atoms. The third kappa shape index (κ3) is 4.34. The molecule has 1 aliphatic heterocycles. The maximum Gasteiger partial charge on any atom is 0.282 e. The Morgan fingerprint density at radius 2 is 2.00 bits per heavy atom. The lowest BCUT2D eigenvalue weighted by Crippen LogP contribution is -2.10. The predicted octanol–water partition coefficient (Wildman–Crippen LogP) is 2.27. The van der Waals surface area contributed by atoms with Crippen molar-refractivity contribution in [2.45, 2.75) is 25.8 Å². The van der Waals surface area contributed by atoms with Gasteiger partial charge in [-0.15, -0.1) is 0 Å². The number of rotatable bonds is 7. The lowest BCUT2D eigenvalue weighted by atomic mass is 10.1. The molecule has 0 spiro atoms. The molecule has 0 radical (unpaired) electrons. The molecule has 0 aliphatic carbocycles. The highest BCUT2D eigenvalue weighted by Gasteiger charge is 2.16. The molecule has 0 unspecified atom stereocenters. The van der Waals surface area contributed by atoms with Crippen molar-refractivity contribution in [3.05, 3.63) is 42.2 Å². The number of amidine groups is 1. The van der Waals surface area contributed by atoms with Crippen LogP contribution in [0.2, 0.25) is 0 Å². The van der Waals surface area contributed by atoms with E-state index in [-0.39, 0.29) is 6.04 Å². The molecule has 3 N–H and O–H groups in total. The van der Waals surface area contributed by atoms with Crippen LogP contribution in [0.5, 0.6) is 5.75 Å². The van der Waals surface area contributed by atoms with Gasteiger partial charge in [0.1, 0.15) is 6.61 Å². The number of anilines is 2. The van der Waals surface area contributed by atoms with Gasteiger partial charge in [-0.3, -0.25) is 0 Å². The first-order valence-electron chi connectivity index (χ1n) is 8.00. The van der Waals surface area contributed by atoms with Crippen LogP contribution in [-0.2, 0) is 11.2 Å². The summed E-state index contributed by atoms with van der Waals surface area (Å²) >= 11 is 0. The molecule has 126 valence electrons. The Kier molecular flexibility index (Phi) is 5.10. The summed E-state index contributed by atoms with van der Waals surface area (Å²) in [6.07, 6.45) is 5.17. The predicted molar refractivity (Wildman–Crippen MR) is 92.6 cm³/mol. The van der Waals surface area contributed by atoms with E-state index in [0.717, 1.165) is 18.5 Å². The van der Waals surface area contributed by atoms with E-state index >= 15 is 0 Å². The number of aromatic nitrogens is 2. The van der Waals surface area contributed by atoms with Gasteiger partial charge >= 0.3 is 0 Å². The fourth-order valence-corrected chi connectivity index (χ4v) is 2.42. The minimum Gasteiger partial charge on any atom is -0.491 e. The molecule has 0 saturated heterocycles. The summed E-state index contributed by atoms with van der Waals surface area (Å²) in [6, 6.07) is 8.66. The molecule has 7 heteroatoms. The zero-order chi connectivity index (χ0) is 16.8. The fourth-order valence-electron chi connectivity index (χ4n) is 2.42. The Bertz CT molecular complexity index is 685. The van der Waals surface area contributed by atoms with Crippen molar-refractivity contribution in [3.63, 3.8) is 0 Å². The van der Waals surface area contributed by atoms with Gasteiger partial charge in [-0.2, -0.15) is 0 Å². The molecule has 0 fully saturated rings. The molecule has 1 atom stereocenters. The van der Waals surface area contributed by atoms with Crippen molar-refractivity contribution in [1.29, 1.82) is 0 Å². The Balaban J connectivity index is 1.52. The molecule has 1 aromatic carbocycles. The molecule has 0 amide bonds. The van der Waals surface area contributed by atoms with Gasteiger partial charge in [0.05, 0.1) is 25.0 Å². The van der Waals surface area contributed by atoms with Gasteiger partial charge in [-0.05, 0) is 37.5 Å². The SMILES string of the molecule is CCOc1cnc(Nc2ccc(CC[C@H]3COC(N)=N3)cc2)nc1. The first kappa shape index (κ1) is 16.0. The molecule has 24 heavy (non-hydrogen) atoms. The molecule has 2 heterocycles. The highest BCUT2D eigenvalue weighted by Crippen LogP contribution is 2.17. The zero-order valence-electron chi connectivity index (χ0n) is 13.6. The van der Waals surface area contributed by atoms with Crippen molar-refractivity contribution in [1.82, 2.24) is 9.97 Å². The van der Waals surface area contributed by atoms with Gasteiger partial charge < -0.3 is 20.5 Å². The summed E-state index contributed by atoms with van der Waals surface area (Å²) in [5.41, 5.74) is 7.70. The second-order valence-corrected chi connectivity index (χ2v) is 5.47. The third-order valence-corrected chi connectivity index (χ3v) is 3.65. The Morgan fingerprint density at radius 1 is 1.25 bits per heavy atom. The van der Waals surface area contributed by atoms with Gasteiger partial charge in [0.2, 0.25) is 5.95 Å². The molecule has 3 rings (SSSR count). The zero-order valence-corrected chi connectivity index (χ0v) is 13.6. The summed E-state index contributed by atoms with van der Waals surface area (Å²) in [5.74, 6) is 1.21. The summed E-state index contributed by atoms with van der Waals surface area (Å²) in [5, 5.41) is 3.17. The van der Waals surface area contributed by atoms with Crippen LogP contribution in [0, 0.1) is 0 Å². The monoisotopic (exact) mass is 327 g/mol. The first-order chi connectivity index (χ1) is 11.7. The number of aryl methyl sites for hydroxylation is 1. The van der Waals surface area contributed by atoms with E-state index in [1.165, 1.54) is 5.56 Å². The number of hydrogen-bond acceptors (Lipinski definition) is 7. The summed E-state index contributed by atoms with van der Waals surface area (Å²) in [4.78, 5) is 12.7. The molecular formula is C17H21N5O2. The average molecular weight is 327 g/mol. The molecular weight excluding hydrogens is 306 g/mol. The van der Waals surface area contributed by atoms with E-state index in [4.69, 9.17) is 15.2 Å². The van der Waals surface area contributed by atoms with E-state index in [2.05, 4.69) is 32.4 Å². The van der Waals surface area contributed by atoms with Gasteiger partial charge in [0.25, 0.3) is 6.02 Å². The Hall–Kier alpha value is -2.83.